The molecule has 0 amide bonds. The number of sulfonamides is 1. The van der Waals surface area contributed by atoms with E-state index in [1.165, 1.54) is 0 Å². The van der Waals surface area contributed by atoms with Crippen LogP contribution in [-0.4, -0.2) is 20.1 Å². The molecule has 0 spiro atoms. The predicted octanol–water partition coefficient (Wildman–Crippen LogP) is 2.55. The van der Waals surface area contributed by atoms with Crippen molar-refractivity contribution in [1.82, 2.24) is 5.16 Å². The highest BCUT2D eigenvalue weighted by atomic mass is 32.2. The van der Waals surface area contributed by atoms with Crippen molar-refractivity contribution in [3.8, 4) is 11.3 Å². The van der Waals surface area contributed by atoms with E-state index in [0.29, 0.717) is 6.54 Å². The monoisotopic (exact) mass is 355 g/mol. The number of anilines is 1. The van der Waals surface area contributed by atoms with Crippen LogP contribution in [0.4, 0.5) is 5.69 Å². The molecule has 2 aromatic carbocycles. The Bertz CT molecular complexity index is 1010. The zero-order chi connectivity index (χ0) is 17.4. The van der Waals surface area contributed by atoms with Crippen LogP contribution in [0.25, 0.3) is 11.3 Å². The first-order chi connectivity index (χ1) is 12.0. The molecule has 0 saturated carbocycles. The molecular formula is C18H17N3O3S. The summed E-state index contributed by atoms with van der Waals surface area (Å²) in [7, 11) is -3.68. The molecule has 0 aliphatic carbocycles. The fraction of sp³-hybridized carbons (Fsp3) is 0.167. The molecule has 7 heteroatoms. The second-order valence-electron chi connectivity index (χ2n) is 6.05. The summed E-state index contributed by atoms with van der Waals surface area (Å²) in [5.74, 6) is 0.766. The molecule has 1 aliphatic heterocycles. The minimum atomic E-state index is -3.68. The highest BCUT2D eigenvalue weighted by Gasteiger charge is 2.22. The maximum Gasteiger partial charge on any atom is 0.238 e. The van der Waals surface area contributed by atoms with Crippen molar-refractivity contribution in [2.45, 2.75) is 17.9 Å². The largest absolute Gasteiger partial charge is 0.363 e. The zero-order valence-corrected chi connectivity index (χ0v) is 14.2. The number of aromatic nitrogens is 1. The van der Waals surface area contributed by atoms with E-state index in [-0.39, 0.29) is 4.90 Å². The van der Waals surface area contributed by atoms with Crippen LogP contribution in [0.3, 0.4) is 0 Å². The lowest BCUT2D eigenvalue weighted by molar-refractivity contribution is 0.384. The number of fused-ring (bicyclic) bond motifs is 1. The molecular weight excluding hydrogens is 338 g/mol. The first-order valence-corrected chi connectivity index (χ1v) is 9.47. The van der Waals surface area contributed by atoms with Crippen LogP contribution in [0.5, 0.6) is 0 Å². The van der Waals surface area contributed by atoms with Crippen LogP contribution in [-0.2, 0) is 23.0 Å². The summed E-state index contributed by atoms with van der Waals surface area (Å²) in [6.45, 7) is 1.38. The lowest BCUT2D eigenvalue weighted by Gasteiger charge is -2.17. The van der Waals surface area contributed by atoms with E-state index in [9.17, 15) is 8.42 Å². The predicted molar refractivity (Wildman–Crippen MR) is 94.5 cm³/mol. The van der Waals surface area contributed by atoms with Crippen molar-refractivity contribution in [2.24, 2.45) is 5.14 Å². The Morgan fingerprint density at radius 1 is 1.12 bits per heavy atom. The maximum absolute atomic E-state index is 11.5. The van der Waals surface area contributed by atoms with Gasteiger partial charge in [-0.05, 0) is 30.2 Å². The van der Waals surface area contributed by atoms with Gasteiger partial charge in [0.25, 0.3) is 0 Å². The van der Waals surface area contributed by atoms with Gasteiger partial charge < -0.3 is 9.42 Å². The number of nitrogens with zero attached hydrogens (tertiary/aromatic N) is 2. The number of hydrogen-bond acceptors (Lipinski definition) is 5. The maximum atomic E-state index is 11.5. The second-order valence-corrected chi connectivity index (χ2v) is 7.61. The summed E-state index contributed by atoms with van der Waals surface area (Å²) in [6, 6.07) is 16.8. The average Bonchev–Trinajstić information content (AvgIpc) is 3.22. The summed E-state index contributed by atoms with van der Waals surface area (Å²) >= 11 is 0. The van der Waals surface area contributed by atoms with Crippen molar-refractivity contribution < 1.29 is 12.9 Å². The Labute approximate surface area is 145 Å². The third-order valence-electron chi connectivity index (χ3n) is 4.35. The third kappa shape index (κ3) is 3.16. The van der Waals surface area contributed by atoms with Gasteiger partial charge in [-0.25, -0.2) is 13.6 Å². The van der Waals surface area contributed by atoms with Crippen LogP contribution in [0.2, 0.25) is 0 Å². The minimum Gasteiger partial charge on any atom is -0.363 e. The van der Waals surface area contributed by atoms with Crippen molar-refractivity contribution in [3.63, 3.8) is 0 Å². The van der Waals surface area contributed by atoms with E-state index >= 15 is 0 Å². The molecule has 1 aromatic heterocycles. The summed E-state index contributed by atoms with van der Waals surface area (Å²) in [5.41, 5.74) is 3.80. The molecule has 0 saturated heterocycles. The molecule has 25 heavy (non-hydrogen) atoms. The second kappa shape index (κ2) is 6.02. The Kier molecular flexibility index (Phi) is 3.82. The lowest BCUT2D eigenvalue weighted by Crippen LogP contribution is -2.19. The van der Waals surface area contributed by atoms with Gasteiger partial charge in [0.2, 0.25) is 10.0 Å². The highest BCUT2D eigenvalue weighted by molar-refractivity contribution is 7.89. The number of primary sulfonamides is 1. The highest BCUT2D eigenvalue weighted by Crippen LogP contribution is 2.31. The van der Waals surface area contributed by atoms with Crippen molar-refractivity contribution in [3.05, 3.63) is 65.9 Å². The van der Waals surface area contributed by atoms with Crippen LogP contribution in [0.15, 0.2) is 64.0 Å². The zero-order valence-electron chi connectivity index (χ0n) is 13.4. The quantitative estimate of drug-likeness (QED) is 0.777. The molecule has 128 valence electrons. The molecule has 0 fully saturated rings. The summed E-state index contributed by atoms with van der Waals surface area (Å²) < 4.78 is 28.4. The smallest absolute Gasteiger partial charge is 0.238 e. The Morgan fingerprint density at radius 3 is 2.68 bits per heavy atom. The summed E-state index contributed by atoms with van der Waals surface area (Å²) in [6.07, 6.45) is 0.776. The molecule has 0 unspecified atom stereocenters. The van der Waals surface area contributed by atoms with E-state index in [1.54, 1.807) is 18.2 Å². The molecule has 2 heterocycles. The Hall–Kier alpha value is -2.64. The normalized spacial score (nSPS) is 13.9. The van der Waals surface area contributed by atoms with Gasteiger partial charge in [-0.1, -0.05) is 35.5 Å². The first-order valence-electron chi connectivity index (χ1n) is 7.92. The van der Waals surface area contributed by atoms with Gasteiger partial charge in [0.15, 0.2) is 5.76 Å². The van der Waals surface area contributed by atoms with Gasteiger partial charge in [-0.2, -0.15) is 0 Å². The van der Waals surface area contributed by atoms with Crippen molar-refractivity contribution >= 4 is 15.7 Å². The number of benzene rings is 2. The molecule has 0 bridgehead atoms. The Balaban J connectivity index is 1.55. The number of hydrogen-bond donors (Lipinski definition) is 1. The van der Waals surface area contributed by atoms with Gasteiger partial charge in [-0.3, -0.25) is 0 Å². The molecule has 6 nitrogen and oxygen atoms in total. The van der Waals surface area contributed by atoms with E-state index in [2.05, 4.69) is 10.1 Å². The van der Waals surface area contributed by atoms with E-state index in [1.807, 2.05) is 36.4 Å². The molecule has 0 atom stereocenters. The van der Waals surface area contributed by atoms with Gasteiger partial charge in [0.1, 0.15) is 5.69 Å². The minimum absolute atomic E-state index is 0.152. The number of rotatable bonds is 4. The van der Waals surface area contributed by atoms with Crippen LogP contribution >= 0.6 is 0 Å². The topological polar surface area (TPSA) is 89.4 Å². The van der Waals surface area contributed by atoms with Crippen molar-refractivity contribution in [1.29, 1.82) is 0 Å². The standard InChI is InChI=1S/C18H17N3O3S/c19-25(22,23)16-6-7-18-14(10-16)8-9-21(18)12-15-11-17(20-24-15)13-4-2-1-3-5-13/h1-7,10-11H,8-9,12H2,(H2,19,22,23). The fourth-order valence-electron chi connectivity index (χ4n) is 3.11. The third-order valence-corrected chi connectivity index (χ3v) is 5.26. The van der Waals surface area contributed by atoms with Crippen LogP contribution in [0, 0.1) is 0 Å². The van der Waals surface area contributed by atoms with Crippen LogP contribution in [0.1, 0.15) is 11.3 Å². The van der Waals surface area contributed by atoms with E-state index < -0.39 is 10.0 Å². The Morgan fingerprint density at radius 2 is 1.92 bits per heavy atom. The average molecular weight is 355 g/mol. The summed E-state index contributed by atoms with van der Waals surface area (Å²) in [4.78, 5) is 2.30. The molecule has 4 rings (SSSR count). The summed E-state index contributed by atoms with van der Waals surface area (Å²) in [5, 5.41) is 9.34. The fourth-order valence-corrected chi connectivity index (χ4v) is 3.67. The molecule has 2 N–H and O–H groups in total. The molecule has 0 radical (unpaired) electrons. The first kappa shape index (κ1) is 15.9. The van der Waals surface area contributed by atoms with Gasteiger partial charge in [-0.15, -0.1) is 0 Å². The number of nitrogens with two attached hydrogens (primary N) is 1. The molecule has 1 aliphatic rings. The van der Waals surface area contributed by atoms with E-state index in [0.717, 1.165) is 41.2 Å². The van der Waals surface area contributed by atoms with Crippen LogP contribution < -0.4 is 10.0 Å². The molecule has 3 aromatic rings. The SMILES string of the molecule is NS(=O)(=O)c1ccc2c(c1)CCN2Cc1cc(-c2ccccc2)no1. The van der Waals surface area contributed by atoms with Crippen molar-refractivity contribution in [2.75, 3.05) is 11.4 Å². The van der Waals surface area contributed by atoms with Gasteiger partial charge >= 0.3 is 0 Å². The lowest BCUT2D eigenvalue weighted by atomic mass is 10.1. The van der Waals surface area contributed by atoms with Gasteiger partial charge in [0.05, 0.1) is 11.4 Å². The van der Waals surface area contributed by atoms with E-state index in [4.69, 9.17) is 9.66 Å². The van der Waals surface area contributed by atoms with Gasteiger partial charge in [0, 0.05) is 23.9 Å².